The Kier molecular flexibility index (Phi) is 6.39. The van der Waals surface area contributed by atoms with Gasteiger partial charge in [-0.3, -0.25) is 9.97 Å². The Morgan fingerprint density at radius 1 is 0.295 bits per heavy atom. The molecule has 5 heteroatoms. The summed E-state index contributed by atoms with van der Waals surface area (Å²) in [6, 6.07) is 47.3. The Bertz CT molecular complexity index is 2190. The highest BCUT2D eigenvalue weighted by Crippen LogP contribution is 2.31. The van der Waals surface area contributed by atoms with E-state index >= 15 is 0 Å². The molecule has 3 heterocycles. The van der Waals surface area contributed by atoms with Crippen LogP contribution in [0.25, 0.3) is 78.2 Å². The molecule has 0 atom stereocenters. The molecule has 0 bridgehead atoms. The van der Waals surface area contributed by atoms with E-state index in [9.17, 15) is 0 Å². The number of fused-ring (bicyclic) bond motifs is 3. The summed E-state index contributed by atoms with van der Waals surface area (Å²) < 4.78 is 0. The molecule has 5 aromatic carbocycles. The first-order chi connectivity index (χ1) is 21.8. The molecule has 0 aliphatic heterocycles. The van der Waals surface area contributed by atoms with Gasteiger partial charge in [-0.15, -0.1) is 0 Å². The van der Waals surface area contributed by atoms with Crippen LogP contribution in [0.1, 0.15) is 0 Å². The zero-order valence-corrected chi connectivity index (χ0v) is 23.7. The largest absolute Gasteiger partial charge is 0.253 e. The van der Waals surface area contributed by atoms with Crippen LogP contribution in [0.4, 0.5) is 0 Å². The lowest BCUT2D eigenvalue weighted by atomic mass is 10.0. The molecule has 0 aliphatic rings. The third-order valence-corrected chi connectivity index (χ3v) is 7.78. The maximum absolute atomic E-state index is 4.86. The topological polar surface area (TPSA) is 64.5 Å². The molecule has 8 rings (SSSR count). The van der Waals surface area contributed by atoms with Crippen molar-refractivity contribution in [2.45, 2.75) is 0 Å². The minimum atomic E-state index is 0.633. The summed E-state index contributed by atoms with van der Waals surface area (Å²) in [7, 11) is 0. The fourth-order valence-corrected chi connectivity index (χ4v) is 5.49. The molecule has 0 aliphatic carbocycles. The van der Waals surface area contributed by atoms with Crippen molar-refractivity contribution in [3.63, 3.8) is 0 Å². The highest BCUT2D eigenvalue weighted by molar-refractivity contribution is 6.04. The van der Waals surface area contributed by atoms with Gasteiger partial charge in [-0.2, -0.15) is 0 Å². The normalized spacial score (nSPS) is 11.2. The Balaban J connectivity index is 1.14. The predicted molar refractivity (Wildman–Crippen MR) is 178 cm³/mol. The zero-order chi connectivity index (χ0) is 29.3. The zero-order valence-electron chi connectivity index (χ0n) is 23.7. The highest BCUT2D eigenvalue weighted by atomic mass is 15.0. The van der Waals surface area contributed by atoms with Crippen molar-refractivity contribution in [1.82, 2.24) is 24.9 Å². The molecule has 0 radical (unpaired) electrons. The summed E-state index contributed by atoms with van der Waals surface area (Å²) in [4.78, 5) is 24.2. The third-order valence-electron chi connectivity index (χ3n) is 7.78. The average molecular weight is 564 g/mol. The predicted octanol–water partition coefficient (Wildman–Crippen LogP) is 9.30. The van der Waals surface area contributed by atoms with Crippen molar-refractivity contribution < 1.29 is 0 Å². The van der Waals surface area contributed by atoms with E-state index in [4.69, 9.17) is 24.9 Å². The number of aromatic nitrogens is 5. The minimum Gasteiger partial charge on any atom is -0.253 e. The quantitative estimate of drug-likeness (QED) is 0.195. The van der Waals surface area contributed by atoms with E-state index in [-0.39, 0.29) is 0 Å². The molecule has 0 saturated heterocycles. The smallest absolute Gasteiger partial charge is 0.164 e. The van der Waals surface area contributed by atoms with E-state index in [0.717, 1.165) is 60.8 Å². The van der Waals surface area contributed by atoms with Gasteiger partial charge in [-0.05, 0) is 23.3 Å². The molecule has 0 fully saturated rings. The second-order valence-corrected chi connectivity index (χ2v) is 10.6. The Labute approximate surface area is 254 Å². The van der Waals surface area contributed by atoms with Crippen molar-refractivity contribution in [1.29, 1.82) is 0 Å². The van der Waals surface area contributed by atoms with Crippen LogP contribution in [0.2, 0.25) is 0 Å². The van der Waals surface area contributed by atoms with E-state index in [1.165, 1.54) is 0 Å². The van der Waals surface area contributed by atoms with E-state index < -0.39 is 0 Å². The lowest BCUT2D eigenvalue weighted by Gasteiger charge is -2.10. The first-order valence-electron chi connectivity index (χ1n) is 14.5. The summed E-state index contributed by atoms with van der Waals surface area (Å²) in [5.74, 6) is 1.93. The average Bonchev–Trinajstić information content (AvgIpc) is 3.12. The van der Waals surface area contributed by atoms with Gasteiger partial charge >= 0.3 is 0 Å². The molecule has 0 amide bonds. The van der Waals surface area contributed by atoms with Gasteiger partial charge < -0.3 is 0 Å². The van der Waals surface area contributed by atoms with Gasteiger partial charge in [0.2, 0.25) is 0 Å². The van der Waals surface area contributed by atoms with Gasteiger partial charge in [0.1, 0.15) is 0 Å². The van der Waals surface area contributed by atoms with E-state index in [0.29, 0.717) is 17.5 Å². The first-order valence-corrected chi connectivity index (χ1v) is 14.5. The molecule has 3 aromatic heterocycles. The van der Waals surface area contributed by atoms with Gasteiger partial charge in [0.15, 0.2) is 17.5 Å². The Hall–Kier alpha value is -6.07. The number of pyridine rings is 2. The van der Waals surface area contributed by atoms with Gasteiger partial charge in [0, 0.05) is 51.0 Å². The third kappa shape index (κ3) is 4.86. The van der Waals surface area contributed by atoms with Crippen molar-refractivity contribution in [2.24, 2.45) is 0 Å². The lowest BCUT2D eigenvalue weighted by Crippen LogP contribution is -2.00. The molecule has 0 spiro atoms. The number of hydrogen-bond acceptors (Lipinski definition) is 5. The molecule has 8 aromatic rings. The molecule has 206 valence electrons. The summed E-state index contributed by atoms with van der Waals surface area (Å²) in [5.41, 5.74) is 8.97. The molecule has 0 unspecified atom stereocenters. The Morgan fingerprint density at radius 3 is 1.07 bits per heavy atom. The fourth-order valence-electron chi connectivity index (χ4n) is 5.49. The van der Waals surface area contributed by atoms with Crippen LogP contribution in [-0.2, 0) is 0 Å². The summed E-state index contributed by atoms with van der Waals surface area (Å²) in [6.45, 7) is 0. The van der Waals surface area contributed by atoms with Gasteiger partial charge in [-0.1, -0.05) is 127 Å². The maximum Gasteiger partial charge on any atom is 0.164 e. The fraction of sp³-hybridized carbons (Fsp3) is 0. The molecule has 0 saturated carbocycles. The van der Waals surface area contributed by atoms with E-state index in [1.54, 1.807) is 0 Å². The minimum absolute atomic E-state index is 0.633. The van der Waals surface area contributed by atoms with Crippen molar-refractivity contribution in [2.75, 3.05) is 0 Å². The summed E-state index contributed by atoms with van der Waals surface area (Å²) in [5, 5.41) is 2.13. The number of rotatable bonds is 5. The molecular weight excluding hydrogens is 538 g/mol. The van der Waals surface area contributed by atoms with Crippen LogP contribution in [0.15, 0.2) is 152 Å². The number of nitrogens with zero attached hydrogens (tertiary/aromatic N) is 5. The van der Waals surface area contributed by atoms with Crippen molar-refractivity contribution in [3.05, 3.63) is 152 Å². The van der Waals surface area contributed by atoms with Gasteiger partial charge in [0.25, 0.3) is 0 Å². The van der Waals surface area contributed by atoms with Crippen LogP contribution >= 0.6 is 0 Å². The van der Waals surface area contributed by atoms with Gasteiger partial charge in [0.05, 0.1) is 11.0 Å². The van der Waals surface area contributed by atoms with E-state index in [2.05, 4.69) is 60.7 Å². The SMILES string of the molecule is c1ccc(-c2cnc3c(ccc4cc(-c5ccc(-c6nc(-c7ccccc7)nc(-c7ccccc7)n6)cc5)cnc43)c2)cc1. The first kappa shape index (κ1) is 25.6. The molecular formula is C39H25N5. The maximum atomic E-state index is 4.86. The number of hydrogen-bond donors (Lipinski definition) is 0. The Morgan fingerprint density at radius 2 is 0.636 bits per heavy atom. The van der Waals surface area contributed by atoms with Crippen LogP contribution in [0.3, 0.4) is 0 Å². The highest BCUT2D eigenvalue weighted by Gasteiger charge is 2.13. The van der Waals surface area contributed by atoms with Crippen molar-refractivity contribution in [3.8, 4) is 56.4 Å². The van der Waals surface area contributed by atoms with Crippen LogP contribution in [-0.4, -0.2) is 24.9 Å². The van der Waals surface area contributed by atoms with Crippen LogP contribution in [0.5, 0.6) is 0 Å². The number of benzene rings is 5. The summed E-state index contributed by atoms with van der Waals surface area (Å²) >= 11 is 0. The van der Waals surface area contributed by atoms with Crippen molar-refractivity contribution >= 4 is 21.8 Å². The monoisotopic (exact) mass is 563 g/mol. The molecule has 0 N–H and O–H groups in total. The van der Waals surface area contributed by atoms with Crippen LogP contribution in [0, 0.1) is 0 Å². The lowest BCUT2D eigenvalue weighted by molar-refractivity contribution is 1.07. The van der Waals surface area contributed by atoms with Gasteiger partial charge in [-0.25, -0.2) is 15.0 Å². The van der Waals surface area contributed by atoms with Crippen LogP contribution < -0.4 is 0 Å². The second-order valence-electron chi connectivity index (χ2n) is 10.6. The molecule has 44 heavy (non-hydrogen) atoms. The molecule has 5 nitrogen and oxygen atoms in total. The summed E-state index contributed by atoms with van der Waals surface area (Å²) in [6.07, 6.45) is 3.85. The van der Waals surface area contributed by atoms with E-state index in [1.807, 2.05) is 91.3 Å². The second kappa shape index (κ2) is 11.0. The standard InChI is InChI=1S/C39H25N5/c1-4-10-26(11-5-1)33-22-31-20-21-32-23-34(25-41-36(32)35(31)40-24-33)27-16-18-30(19-17-27)39-43-37(28-12-6-2-7-13-28)42-38(44-39)29-14-8-3-9-15-29/h1-25H.